The first-order valence-electron chi connectivity index (χ1n) is 7.98. The summed E-state index contributed by atoms with van der Waals surface area (Å²) in [5.41, 5.74) is 2.91. The van der Waals surface area contributed by atoms with Crippen molar-refractivity contribution in [3.63, 3.8) is 0 Å². The largest absolute Gasteiger partial charge is 0.573 e. The first-order valence-corrected chi connectivity index (χ1v) is 9.46. The molecule has 0 atom stereocenters. The summed E-state index contributed by atoms with van der Waals surface area (Å²) in [5, 5.41) is 0. The minimum atomic E-state index is -4.90. The van der Waals surface area contributed by atoms with Gasteiger partial charge in [-0.3, -0.25) is 4.72 Å². The summed E-state index contributed by atoms with van der Waals surface area (Å²) < 4.78 is 70.5. The summed E-state index contributed by atoms with van der Waals surface area (Å²) in [6, 6.07) is 6.20. The van der Waals surface area contributed by atoms with Crippen molar-refractivity contribution >= 4 is 15.8 Å². The first-order chi connectivity index (χ1) is 12.5. The van der Waals surface area contributed by atoms with Crippen molar-refractivity contribution in [2.45, 2.75) is 31.5 Å². The van der Waals surface area contributed by atoms with E-state index in [4.69, 9.17) is 0 Å². The summed E-state index contributed by atoms with van der Waals surface area (Å²) in [5.74, 6) is -0.314. The molecule has 1 aromatic heterocycles. The van der Waals surface area contributed by atoms with Gasteiger partial charge in [-0.05, 0) is 43.7 Å². The fraction of sp³-hybridized carbons (Fsp3) is 0.222. The van der Waals surface area contributed by atoms with Gasteiger partial charge < -0.3 is 9.30 Å². The van der Waals surface area contributed by atoms with E-state index in [-0.39, 0.29) is 10.7 Å². The zero-order valence-electron chi connectivity index (χ0n) is 14.5. The van der Waals surface area contributed by atoms with Crippen molar-refractivity contribution in [2.75, 3.05) is 0 Å². The maximum Gasteiger partial charge on any atom is 0.573 e. The highest BCUT2D eigenvalue weighted by molar-refractivity contribution is 7.89. The Balaban J connectivity index is 1.94. The molecule has 5 nitrogen and oxygen atoms in total. The van der Waals surface area contributed by atoms with Crippen LogP contribution in [0, 0.1) is 6.92 Å². The van der Waals surface area contributed by atoms with E-state index in [1.807, 2.05) is 19.9 Å². The minimum absolute atomic E-state index is 0.289. The fourth-order valence-electron chi connectivity index (χ4n) is 2.78. The summed E-state index contributed by atoms with van der Waals surface area (Å²) in [6.45, 7) is 3.82. The van der Waals surface area contributed by atoms with Gasteiger partial charge in [0.05, 0.1) is 4.90 Å². The number of fused-ring (bicyclic) bond motifs is 1. The second-order valence-corrected chi connectivity index (χ2v) is 7.93. The normalized spacial score (nSPS) is 14.7. The number of halogens is 3. The molecular weight excluding hydrogens is 381 g/mol. The summed E-state index contributed by atoms with van der Waals surface area (Å²) >= 11 is 0. The topological polar surface area (TPSA) is 60.3 Å². The van der Waals surface area contributed by atoms with E-state index in [1.165, 1.54) is 12.1 Å². The van der Waals surface area contributed by atoms with Crippen LogP contribution in [-0.2, 0) is 16.4 Å². The number of nitrogens with zero attached hydrogens (tertiary/aromatic N) is 1. The van der Waals surface area contributed by atoms with Crippen molar-refractivity contribution in [1.29, 1.82) is 0 Å². The highest BCUT2D eigenvalue weighted by Crippen LogP contribution is 2.26. The predicted octanol–water partition coefficient (Wildman–Crippen LogP) is 3.97. The molecular formula is C18H17F3N2O3S. The Morgan fingerprint density at radius 2 is 1.89 bits per heavy atom. The van der Waals surface area contributed by atoms with Gasteiger partial charge in [0, 0.05) is 24.4 Å². The smallest absolute Gasteiger partial charge is 0.406 e. The van der Waals surface area contributed by atoms with E-state index in [2.05, 4.69) is 9.46 Å². The standard InChI is InChI=1S/C18H17F3N2O3S/c1-12-6-7-17(23-11-13(2)9-14(23)8-12)22-27(24,25)16-5-3-4-15(10-16)26-18(19,20)21/h3-7,9-11,22H,8H2,1-2H3. The van der Waals surface area contributed by atoms with Crippen molar-refractivity contribution in [3.8, 4) is 5.75 Å². The number of benzene rings is 1. The minimum Gasteiger partial charge on any atom is -0.406 e. The van der Waals surface area contributed by atoms with Gasteiger partial charge in [-0.1, -0.05) is 17.7 Å². The maximum absolute atomic E-state index is 12.7. The molecule has 2 aromatic rings. The molecule has 2 heterocycles. The third kappa shape index (κ3) is 4.54. The summed E-state index contributed by atoms with van der Waals surface area (Å²) in [6.07, 6.45) is 0.964. The van der Waals surface area contributed by atoms with E-state index in [9.17, 15) is 21.6 Å². The van der Waals surface area contributed by atoms with Crippen molar-refractivity contribution in [1.82, 2.24) is 9.29 Å². The number of alkyl halides is 3. The number of sulfonamides is 1. The molecule has 0 saturated carbocycles. The second-order valence-electron chi connectivity index (χ2n) is 6.25. The Morgan fingerprint density at radius 1 is 1.15 bits per heavy atom. The van der Waals surface area contributed by atoms with Crippen LogP contribution in [0.5, 0.6) is 5.75 Å². The van der Waals surface area contributed by atoms with Gasteiger partial charge in [0.15, 0.2) is 0 Å². The lowest BCUT2D eigenvalue weighted by Crippen LogP contribution is -2.26. The zero-order chi connectivity index (χ0) is 19.8. The number of aromatic nitrogens is 1. The molecule has 0 aliphatic carbocycles. The maximum atomic E-state index is 12.7. The van der Waals surface area contributed by atoms with Crippen LogP contribution in [0.1, 0.15) is 18.2 Å². The Morgan fingerprint density at radius 3 is 2.59 bits per heavy atom. The lowest BCUT2D eigenvalue weighted by atomic mass is 10.1. The number of hydrogen-bond acceptors (Lipinski definition) is 3. The highest BCUT2D eigenvalue weighted by Gasteiger charge is 2.31. The molecule has 0 spiro atoms. The van der Waals surface area contributed by atoms with Gasteiger partial charge in [0.1, 0.15) is 11.6 Å². The molecule has 0 amide bonds. The average molecular weight is 398 g/mol. The summed E-state index contributed by atoms with van der Waals surface area (Å²) in [4.78, 5) is -0.333. The van der Waals surface area contributed by atoms with Crippen molar-refractivity contribution in [2.24, 2.45) is 0 Å². The van der Waals surface area contributed by atoms with E-state index < -0.39 is 22.1 Å². The van der Waals surface area contributed by atoms with Crippen LogP contribution < -0.4 is 9.46 Å². The molecule has 3 rings (SSSR count). The van der Waals surface area contributed by atoms with Crippen LogP contribution in [0.15, 0.2) is 59.1 Å². The van der Waals surface area contributed by atoms with Crippen molar-refractivity contribution < 1.29 is 26.3 Å². The van der Waals surface area contributed by atoms with Crippen LogP contribution in [0.2, 0.25) is 0 Å². The van der Waals surface area contributed by atoms with Crippen LogP contribution in [-0.4, -0.2) is 19.3 Å². The van der Waals surface area contributed by atoms with Gasteiger partial charge in [-0.15, -0.1) is 13.2 Å². The zero-order valence-corrected chi connectivity index (χ0v) is 15.4. The van der Waals surface area contributed by atoms with E-state index in [1.54, 1.807) is 22.9 Å². The average Bonchev–Trinajstić information content (AvgIpc) is 2.84. The molecule has 9 heteroatoms. The number of aryl methyl sites for hydroxylation is 1. The number of hydrogen-bond donors (Lipinski definition) is 1. The number of ether oxygens (including phenoxy) is 1. The molecule has 1 aliphatic heterocycles. The first kappa shape index (κ1) is 19.1. The van der Waals surface area contributed by atoms with Crippen LogP contribution in [0.25, 0.3) is 5.82 Å². The molecule has 0 saturated heterocycles. The Labute approximate surface area is 154 Å². The number of nitrogens with one attached hydrogen (secondary N) is 1. The molecule has 0 unspecified atom stereocenters. The molecule has 1 N–H and O–H groups in total. The molecule has 144 valence electrons. The molecule has 1 aromatic carbocycles. The Hall–Kier alpha value is -2.68. The van der Waals surface area contributed by atoms with Crippen molar-refractivity contribution in [3.05, 3.63) is 65.5 Å². The number of allylic oxidation sites excluding steroid dienone is 3. The Bertz CT molecular complexity index is 1030. The SMILES string of the molecule is CC1=CC=C(NS(=O)(=O)c2cccc(OC(F)(F)F)c2)n2cc(C)cc2C1. The molecule has 0 bridgehead atoms. The second kappa shape index (κ2) is 6.80. The van der Waals surface area contributed by atoms with Gasteiger partial charge in [-0.25, -0.2) is 8.42 Å². The van der Waals surface area contributed by atoms with Gasteiger partial charge in [0.25, 0.3) is 10.0 Å². The quantitative estimate of drug-likeness (QED) is 0.848. The van der Waals surface area contributed by atoms with Gasteiger partial charge in [0.2, 0.25) is 0 Å². The lowest BCUT2D eigenvalue weighted by Gasteiger charge is -2.15. The third-order valence-electron chi connectivity index (χ3n) is 3.87. The van der Waals surface area contributed by atoms with Crippen LogP contribution in [0.4, 0.5) is 13.2 Å². The van der Waals surface area contributed by atoms with Gasteiger partial charge >= 0.3 is 6.36 Å². The highest BCUT2D eigenvalue weighted by atomic mass is 32.2. The predicted molar refractivity (Wildman–Crippen MR) is 94.3 cm³/mol. The van der Waals surface area contributed by atoms with E-state index in [0.29, 0.717) is 6.42 Å². The van der Waals surface area contributed by atoms with E-state index >= 15 is 0 Å². The molecule has 27 heavy (non-hydrogen) atoms. The summed E-state index contributed by atoms with van der Waals surface area (Å²) in [7, 11) is -4.12. The van der Waals surface area contributed by atoms with E-state index in [0.717, 1.165) is 29.0 Å². The lowest BCUT2D eigenvalue weighted by molar-refractivity contribution is -0.274. The third-order valence-corrected chi connectivity index (χ3v) is 5.22. The molecule has 1 aliphatic rings. The van der Waals surface area contributed by atoms with Gasteiger partial charge in [-0.2, -0.15) is 0 Å². The number of rotatable bonds is 4. The van der Waals surface area contributed by atoms with Crippen LogP contribution in [0.3, 0.4) is 0 Å². The fourth-order valence-corrected chi connectivity index (χ4v) is 3.87. The monoisotopic (exact) mass is 398 g/mol. The Kier molecular flexibility index (Phi) is 4.81. The van der Waals surface area contributed by atoms with Crippen LogP contribution >= 0.6 is 0 Å². The molecule has 0 radical (unpaired) electrons. The molecule has 0 fully saturated rings.